The Morgan fingerprint density at radius 3 is 2.55 bits per heavy atom. The van der Waals surface area contributed by atoms with Gasteiger partial charge in [0, 0.05) is 49.9 Å². The molecule has 4 heteroatoms. The number of benzene rings is 1. The predicted molar refractivity (Wildman–Crippen MR) is 93.5 cm³/mol. The molecule has 0 amide bonds. The average molecular weight is 300 g/mol. The van der Waals surface area contributed by atoms with Crippen LogP contribution in [0, 0.1) is 5.92 Å². The van der Waals surface area contributed by atoms with Gasteiger partial charge in [-0.2, -0.15) is 5.10 Å². The van der Waals surface area contributed by atoms with E-state index < -0.39 is 0 Å². The van der Waals surface area contributed by atoms with E-state index in [1.807, 2.05) is 0 Å². The summed E-state index contributed by atoms with van der Waals surface area (Å²) in [5.41, 5.74) is 7.42. The fraction of sp³-hybridized carbons (Fsp3) is 0.611. The summed E-state index contributed by atoms with van der Waals surface area (Å²) in [5.74, 6) is 0.535. The van der Waals surface area contributed by atoms with E-state index in [1.54, 1.807) is 0 Å². The first kappa shape index (κ1) is 15.3. The molecular weight excluding hydrogens is 272 g/mol. The zero-order chi connectivity index (χ0) is 15.5. The minimum Gasteiger partial charge on any atom is -0.372 e. The van der Waals surface area contributed by atoms with Crippen LogP contribution in [0.5, 0.6) is 0 Å². The van der Waals surface area contributed by atoms with E-state index in [4.69, 9.17) is 0 Å². The molecule has 0 spiro atoms. The van der Waals surface area contributed by atoms with Crippen LogP contribution in [0.1, 0.15) is 38.8 Å². The molecule has 1 aromatic rings. The highest BCUT2D eigenvalue weighted by Gasteiger charge is 2.36. The molecule has 4 nitrogen and oxygen atoms in total. The number of rotatable bonds is 5. The second-order valence-electron chi connectivity index (χ2n) is 6.22. The molecule has 1 saturated heterocycles. The van der Waals surface area contributed by atoms with Crippen molar-refractivity contribution >= 4 is 11.4 Å². The lowest BCUT2D eigenvalue weighted by Crippen LogP contribution is -2.41. The van der Waals surface area contributed by atoms with Crippen LogP contribution in [-0.4, -0.2) is 43.3 Å². The van der Waals surface area contributed by atoms with Crippen molar-refractivity contribution in [2.24, 2.45) is 11.0 Å². The molecule has 0 radical (unpaired) electrons. The number of likely N-dealkylation sites (tertiary alicyclic amines) is 1. The number of hydrogen-bond acceptors (Lipinski definition) is 4. The topological polar surface area (TPSA) is 30.9 Å². The number of piperidine rings is 1. The molecule has 1 N–H and O–H groups in total. The monoisotopic (exact) mass is 300 g/mol. The van der Waals surface area contributed by atoms with Crippen LogP contribution in [0.15, 0.2) is 29.4 Å². The standard InChI is InChI=1S/C18H28N4/c1-4-21-12-11-17-16(13-21)18(20-19-17)14-7-9-15(10-8-14)22(5-2)6-3/h7-10,16,18,20H,4-6,11-13H2,1-3H3. The molecule has 0 saturated carbocycles. The predicted octanol–water partition coefficient (Wildman–Crippen LogP) is 2.87. The second-order valence-corrected chi connectivity index (χ2v) is 6.22. The third-order valence-electron chi connectivity index (χ3n) is 5.14. The molecule has 2 unspecified atom stereocenters. The normalized spacial score (nSPS) is 24.6. The maximum absolute atomic E-state index is 4.60. The van der Waals surface area contributed by atoms with Gasteiger partial charge in [-0.05, 0) is 38.1 Å². The number of hydrazone groups is 1. The second kappa shape index (κ2) is 6.69. The van der Waals surface area contributed by atoms with Gasteiger partial charge in [0.2, 0.25) is 0 Å². The number of hydrogen-bond donors (Lipinski definition) is 1. The largest absolute Gasteiger partial charge is 0.372 e. The van der Waals surface area contributed by atoms with Gasteiger partial charge in [0.1, 0.15) is 0 Å². The van der Waals surface area contributed by atoms with Gasteiger partial charge in [-0.1, -0.05) is 19.1 Å². The van der Waals surface area contributed by atoms with Crippen LogP contribution < -0.4 is 10.3 Å². The molecule has 120 valence electrons. The quantitative estimate of drug-likeness (QED) is 0.907. The van der Waals surface area contributed by atoms with Crippen molar-refractivity contribution in [1.82, 2.24) is 10.3 Å². The Morgan fingerprint density at radius 2 is 1.91 bits per heavy atom. The van der Waals surface area contributed by atoms with Crippen molar-refractivity contribution in [3.63, 3.8) is 0 Å². The van der Waals surface area contributed by atoms with Crippen molar-refractivity contribution < 1.29 is 0 Å². The fourth-order valence-corrected chi connectivity index (χ4v) is 3.69. The van der Waals surface area contributed by atoms with Gasteiger partial charge in [0.05, 0.1) is 6.04 Å². The number of nitrogens with one attached hydrogen (secondary N) is 1. The highest BCUT2D eigenvalue weighted by molar-refractivity contribution is 5.89. The minimum atomic E-state index is 0.343. The number of nitrogens with zero attached hydrogens (tertiary/aromatic N) is 3. The Bertz CT molecular complexity index is 518. The van der Waals surface area contributed by atoms with E-state index in [0.717, 1.165) is 39.1 Å². The summed E-state index contributed by atoms with van der Waals surface area (Å²) >= 11 is 0. The Labute approximate surface area is 134 Å². The highest BCUT2D eigenvalue weighted by atomic mass is 15.4. The van der Waals surface area contributed by atoms with Gasteiger partial charge < -0.3 is 15.2 Å². The zero-order valence-corrected chi connectivity index (χ0v) is 14.0. The van der Waals surface area contributed by atoms with Gasteiger partial charge in [0.15, 0.2) is 0 Å². The molecular formula is C18H28N4. The molecule has 1 aromatic carbocycles. The van der Waals surface area contributed by atoms with Crippen molar-refractivity contribution in [3.8, 4) is 0 Å². The number of fused-ring (bicyclic) bond motifs is 1. The van der Waals surface area contributed by atoms with Crippen LogP contribution in [0.3, 0.4) is 0 Å². The first-order valence-electron chi connectivity index (χ1n) is 8.66. The van der Waals surface area contributed by atoms with Gasteiger partial charge in [0.25, 0.3) is 0 Å². The van der Waals surface area contributed by atoms with E-state index in [0.29, 0.717) is 12.0 Å². The maximum atomic E-state index is 4.60. The molecule has 0 aliphatic carbocycles. The van der Waals surface area contributed by atoms with Crippen molar-refractivity contribution in [2.45, 2.75) is 33.2 Å². The third kappa shape index (κ3) is 2.84. The molecule has 0 aromatic heterocycles. The maximum Gasteiger partial charge on any atom is 0.0782 e. The summed E-state index contributed by atoms with van der Waals surface area (Å²) < 4.78 is 0. The summed E-state index contributed by atoms with van der Waals surface area (Å²) in [7, 11) is 0. The van der Waals surface area contributed by atoms with Crippen LogP contribution in [0.2, 0.25) is 0 Å². The first-order valence-corrected chi connectivity index (χ1v) is 8.66. The minimum absolute atomic E-state index is 0.343. The van der Waals surface area contributed by atoms with E-state index in [9.17, 15) is 0 Å². The van der Waals surface area contributed by atoms with Crippen molar-refractivity contribution in [3.05, 3.63) is 29.8 Å². The summed E-state index contributed by atoms with van der Waals surface area (Å²) in [6, 6.07) is 9.39. The number of anilines is 1. The van der Waals surface area contributed by atoms with Gasteiger partial charge >= 0.3 is 0 Å². The van der Waals surface area contributed by atoms with E-state index in [-0.39, 0.29) is 0 Å². The summed E-state index contributed by atoms with van der Waals surface area (Å²) in [6.45, 7) is 12.2. The molecule has 2 aliphatic heterocycles. The highest BCUT2D eigenvalue weighted by Crippen LogP contribution is 2.33. The van der Waals surface area contributed by atoms with Crippen molar-refractivity contribution in [2.75, 3.05) is 37.6 Å². The zero-order valence-electron chi connectivity index (χ0n) is 14.0. The van der Waals surface area contributed by atoms with Crippen LogP contribution in [-0.2, 0) is 0 Å². The molecule has 1 fully saturated rings. The molecule has 0 bridgehead atoms. The first-order chi connectivity index (χ1) is 10.8. The lowest BCUT2D eigenvalue weighted by Gasteiger charge is -2.33. The van der Waals surface area contributed by atoms with Crippen LogP contribution in [0.4, 0.5) is 5.69 Å². The third-order valence-corrected chi connectivity index (χ3v) is 5.14. The average Bonchev–Trinajstić information content (AvgIpc) is 2.99. The van der Waals surface area contributed by atoms with E-state index in [1.165, 1.54) is 17.0 Å². The SMILES string of the molecule is CCN1CCC2=NNC(c3ccc(N(CC)CC)cc3)C2C1. The van der Waals surface area contributed by atoms with Gasteiger partial charge in [-0.3, -0.25) is 0 Å². The summed E-state index contributed by atoms with van der Waals surface area (Å²) in [5, 5.41) is 4.60. The molecule has 2 aliphatic rings. The molecule has 2 atom stereocenters. The smallest absolute Gasteiger partial charge is 0.0782 e. The van der Waals surface area contributed by atoms with E-state index in [2.05, 4.69) is 65.4 Å². The molecule has 3 rings (SSSR count). The lowest BCUT2D eigenvalue weighted by molar-refractivity contribution is 0.238. The van der Waals surface area contributed by atoms with Crippen molar-refractivity contribution in [1.29, 1.82) is 0 Å². The van der Waals surface area contributed by atoms with Gasteiger partial charge in [-0.15, -0.1) is 0 Å². The Hall–Kier alpha value is -1.55. The Kier molecular flexibility index (Phi) is 4.67. The molecule has 22 heavy (non-hydrogen) atoms. The molecule has 2 heterocycles. The summed E-state index contributed by atoms with van der Waals surface area (Å²) in [4.78, 5) is 4.92. The summed E-state index contributed by atoms with van der Waals surface area (Å²) in [6.07, 6.45) is 1.11. The van der Waals surface area contributed by atoms with Gasteiger partial charge in [-0.25, -0.2) is 0 Å². The fourth-order valence-electron chi connectivity index (χ4n) is 3.69. The Morgan fingerprint density at radius 1 is 1.18 bits per heavy atom. The lowest BCUT2D eigenvalue weighted by atomic mass is 9.86. The Balaban J connectivity index is 1.74. The van der Waals surface area contributed by atoms with Crippen LogP contribution in [0.25, 0.3) is 0 Å². The van der Waals surface area contributed by atoms with Crippen LogP contribution >= 0.6 is 0 Å². The van der Waals surface area contributed by atoms with E-state index >= 15 is 0 Å².